The van der Waals surface area contributed by atoms with E-state index in [1.165, 1.54) is 24.3 Å². The Morgan fingerprint density at radius 1 is 1.08 bits per heavy atom. The molecule has 4 amide bonds. The number of nitrogens with one attached hydrogen (secondary N) is 2. The van der Waals surface area contributed by atoms with E-state index in [2.05, 4.69) is 10.6 Å². The van der Waals surface area contributed by atoms with Gasteiger partial charge in [-0.3, -0.25) is 14.5 Å². The maximum atomic E-state index is 12.9. The van der Waals surface area contributed by atoms with Crippen LogP contribution >= 0.6 is 0 Å². The van der Waals surface area contributed by atoms with E-state index in [1.807, 2.05) is 30.3 Å². The first kappa shape index (κ1) is 17.6. The Morgan fingerprint density at radius 2 is 1.77 bits per heavy atom. The molecule has 1 atom stereocenters. The van der Waals surface area contributed by atoms with Crippen LogP contribution in [0, 0.1) is 5.82 Å². The summed E-state index contributed by atoms with van der Waals surface area (Å²) in [5.74, 6) is -1.36. The second-order valence-corrected chi connectivity index (χ2v) is 6.01. The lowest BCUT2D eigenvalue weighted by Crippen LogP contribution is -2.38. The van der Waals surface area contributed by atoms with Crippen LogP contribution in [-0.4, -0.2) is 35.3 Å². The van der Waals surface area contributed by atoms with Crippen molar-refractivity contribution in [2.75, 3.05) is 11.9 Å². The molecule has 7 heteroatoms. The van der Waals surface area contributed by atoms with E-state index in [1.54, 1.807) is 0 Å². The van der Waals surface area contributed by atoms with Gasteiger partial charge in [0.15, 0.2) is 0 Å². The average molecular weight is 355 g/mol. The summed E-state index contributed by atoms with van der Waals surface area (Å²) in [5, 5.41) is 5.14. The molecule has 0 bridgehead atoms. The van der Waals surface area contributed by atoms with Crippen LogP contribution in [0.4, 0.5) is 14.9 Å². The van der Waals surface area contributed by atoms with Crippen molar-refractivity contribution in [1.82, 2.24) is 10.2 Å². The van der Waals surface area contributed by atoms with Gasteiger partial charge in [-0.2, -0.15) is 0 Å². The van der Waals surface area contributed by atoms with E-state index < -0.39 is 29.7 Å². The zero-order chi connectivity index (χ0) is 18.5. The van der Waals surface area contributed by atoms with Gasteiger partial charge in [-0.25, -0.2) is 9.18 Å². The Kier molecular flexibility index (Phi) is 5.26. The lowest BCUT2D eigenvalue weighted by Gasteiger charge is -2.13. The molecule has 6 nitrogen and oxygen atoms in total. The highest BCUT2D eigenvalue weighted by Gasteiger charge is 2.38. The van der Waals surface area contributed by atoms with E-state index >= 15 is 0 Å². The first-order valence-electron chi connectivity index (χ1n) is 8.24. The maximum absolute atomic E-state index is 12.9. The molecule has 2 N–H and O–H groups in total. The van der Waals surface area contributed by atoms with Crippen molar-refractivity contribution in [1.29, 1.82) is 0 Å². The normalized spacial score (nSPS) is 16.5. The SMILES string of the molecule is O=C(CN1C(=O)N[C@@H](CCc2ccccc2)C1=O)Nc1ccc(F)cc1. The van der Waals surface area contributed by atoms with Gasteiger partial charge >= 0.3 is 6.03 Å². The molecule has 1 aliphatic rings. The van der Waals surface area contributed by atoms with E-state index in [-0.39, 0.29) is 6.54 Å². The Labute approximate surface area is 150 Å². The highest BCUT2D eigenvalue weighted by atomic mass is 19.1. The topological polar surface area (TPSA) is 78.5 Å². The Morgan fingerprint density at radius 3 is 2.46 bits per heavy atom. The molecule has 2 aromatic carbocycles. The zero-order valence-electron chi connectivity index (χ0n) is 13.9. The van der Waals surface area contributed by atoms with Crippen LogP contribution in [0.25, 0.3) is 0 Å². The Balaban J connectivity index is 1.54. The van der Waals surface area contributed by atoms with E-state index in [0.717, 1.165) is 10.5 Å². The second kappa shape index (κ2) is 7.77. The number of benzene rings is 2. The van der Waals surface area contributed by atoms with Crippen molar-refractivity contribution >= 4 is 23.5 Å². The van der Waals surface area contributed by atoms with Crippen molar-refractivity contribution < 1.29 is 18.8 Å². The van der Waals surface area contributed by atoms with Crippen molar-refractivity contribution in [2.24, 2.45) is 0 Å². The molecule has 1 saturated heterocycles. The summed E-state index contributed by atoms with van der Waals surface area (Å²) in [7, 11) is 0. The van der Waals surface area contributed by atoms with Gasteiger partial charge in [0.05, 0.1) is 0 Å². The standard InChI is InChI=1S/C19H18FN3O3/c20-14-7-9-15(10-8-14)21-17(24)12-23-18(25)16(22-19(23)26)11-6-13-4-2-1-3-5-13/h1-5,7-10,16H,6,11-12H2,(H,21,24)(H,22,26)/t16-/m0/s1. The number of halogens is 1. The molecule has 134 valence electrons. The molecular formula is C19H18FN3O3. The van der Waals surface area contributed by atoms with Gasteiger partial charge in [-0.05, 0) is 42.7 Å². The molecule has 1 aliphatic heterocycles. The lowest BCUT2D eigenvalue weighted by molar-refractivity contribution is -0.130. The van der Waals surface area contributed by atoms with Gasteiger partial charge in [0.25, 0.3) is 5.91 Å². The quantitative estimate of drug-likeness (QED) is 0.781. The number of anilines is 1. The summed E-state index contributed by atoms with van der Waals surface area (Å²) in [5.41, 5.74) is 1.46. The molecule has 0 radical (unpaired) electrons. The van der Waals surface area contributed by atoms with Crippen molar-refractivity contribution in [3.8, 4) is 0 Å². The van der Waals surface area contributed by atoms with Crippen molar-refractivity contribution in [3.05, 3.63) is 66.0 Å². The molecule has 0 spiro atoms. The first-order chi connectivity index (χ1) is 12.5. The fourth-order valence-electron chi connectivity index (χ4n) is 2.76. The van der Waals surface area contributed by atoms with Gasteiger partial charge < -0.3 is 10.6 Å². The highest BCUT2D eigenvalue weighted by molar-refractivity contribution is 6.07. The average Bonchev–Trinajstić information content (AvgIpc) is 2.90. The predicted octanol–water partition coefficient (Wildman–Crippen LogP) is 2.32. The summed E-state index contributed by atoms with van der Waals surface area (Å²) < 4.78 is 12.9. The molecule has 0 saturated carbocycles. The van der Waals surface area contributed by atoms with Gasteiger partial charge in [0, 0.05) is 5.69 Å². The van der Waals surface area contributed by atoms with Crippen LogP contribution in [0.1, 0.15) is 12.0 Å². The minimum atomic E-state index is -0.638. The first-order valence-corrected chi connectivity index (χ1v) is 8.24. The highest BCUT2D eigenvalue weighted by Crippen LogP contribution is 2.14. The fraction of sp³-hybridized carbons (Fsp3) is 0.211. The summed E-state index contributed by atoms with van der Waals surface area (Å²) >= 11 is 0. The van der Waals surface area contributed by atoms with Crippen LogP contribution < -0.4 is 10.6 Å². The summed E-state index contributed by atoms with van der Waals surface area (Å²) in [6.07, 6.45) is 1.11. The van der Waals surface area contributed by atoms with Crippen LogP contribution in [-0.2, 0) is 16.0 Å². The minimum Gasteiger partial charge on any atom is -0.326 e. The molecule has 0 aromatic heterocycles. The third-order valence-corrected chi connectivity index (χ3v) is 4.10. The van der Waals surface area contributed by atoms with Gasteiger partial charge in [-0.1, -0.05) is 30.3 Å². The van der Waals surface area contributed by atoms with Crippen molar-refractivity contribution in [3.63, 3.8) is 0 Å². The third-order valence-electron chi connectivity index (χ3n) is 4.10. The van der Waals surface area contributed by atoms with Crippen LogP contribution in [0.3, 0.4) is 0 Å². The molecule has 2 aromatic rings. The number of hydrogen-bond donors (Lipinski definition) is 2. The molecule has 1 heterocycles. The summed E-state index contributed by atoms with van der Waals surface area (Å²) in [4.78, 5) is 37.3. The predicted molar refractivity (Wildman–Crippen MR) is 93.8 cm³/mol. The molecule has 3 rings (SSSR count). The minimum absolute atomic E-state index is 0.385. The molecule has 0 aliphatic carbocycles. The van der Waals surface area contributed by atoms with Crippen molar-refractivity contribution in [2.45, 2.75) is 18.9 Å². The van der Waals surface area contributed by atoms with Crippen LogP contribution in [0.5, 0.6) is 0 Å². The third kappa shape index (κ3) is 4.24. The summed E-state index contributed by atoms with van der Waals surface area (Å²) in [6.45, 7) is -0.385. The fourth-order valence-corrected chi connectivity index (χ4v) is 2.76. The van der Waals surface area contributed by atoms with Crippen LogP contribution in [0.15, 0.2) is 54.6 Å². The monoisotopic (exact) mass is 355 g/mol. The number of amides is 4. The number of imide groups is 1. The number of carbonyl (C=O) groups is 3. The van der Waals surface area contributed by atoms with Gasteiger partial charge in [-0.15, -0.1) is 0 Å². The second-order valence-electron chi connectivity index (χ2n) is 6.01. The molecule has 0 unspecified atom stereocenters. The lowest BCUT2D eigenvalue weighted by atomic mass is 10.1. The van der Waals surface area contributed by atoms with E-state index in [9.17, 15) is 18.8 Å². The smallest absolute Gasteiger partial charge is 0.325 e. The van der Waals surface area contributed by atoms with Gasteiger partial charge in [0.1, 0.15) is 18.4 Å². The van der Waals surface area contributed by atoms with E-state index in [0.29, 0.717) is 18.5 Å². The number of urea groups is 1. The molecule has 1 fully saturated rings. The van der Waals surface area contributed by atoms with E-state index in [4.69, 9.17) is 0 Å². The maximum Gasteiger partial charge on any atom is 0.325 e. The molecular weight excluding hydrogens is 337 g/mol. The number of aryl methyl sites for hydroxylation is 1. The van der Waals surface area contributed by atoms with Crippen LogP contribution in [0.2, 0.25) is 0 Å². The number of carbonyl (C=O) groups excluding carboxylic acids is 3. The Hall–Kier alpha value is -3.22. The largest absolute Gasteiger partial charge is 0.326 e. The number of rotatable bonds is 6. The van der Waals surface area contributed by atoms with Gasteiger partial charge in [0.2, 0.25) is 5.91 Å². The zero-order valence-corrected chi connectivity index (χ0v) is 13.9. The Bertz CT molecular complexity index is 809. The number of nitrogens with zero attached hydrogens (tertiary/aromatic N) is 1. The summed E-state index contributed by atoms with van der Waals surface area (Å²) in [6, 6.07) is 13.7. The molecule has 26 heavy (non-hydrogen) atoms. The number of hydrogen-bond acceptors (Lipinski definition) is 3.